The van der Waals surface area contributed by atoms with Crippen molar-refractivity contribution in [3.8, 4) is 11.5 Å². The monoisotopic (exact) mass is 347 g/mol. The molecule has 6 nitrogen and oxygen atoms in total. The molecule has 1 aromatic rings. The van der Waals surface area contributed by atoms with E-state index in [-0.39, 0.29) is 11.6 Å². The maximum absolute atomic E-state index is 10.7. The van der Waals surface area contributed by atoms with E-state index in [9.17, 15) is 10.2 Å². The lowest BCUT2D eigenvalue weighted by atomic mass is 9.69. The molecule has 1 saturated heterocycles. The van der Waals surface area contributed by atoms with Crippen molar-refractivity contribution in [1.82, 2.24) is 4.90 Å². The summed E-state index contributed by atoms with van der Waals surface area (Å²) in [6.45, 7) is 1.42. The van der Waals surface area contributed by atoms with Gasteiger partial charge >= 0.3 is 0 Å². The van der Waals surface area contributed by atoms with Gasteiger partial charge in [-0.2, -0.15) is 0 Å². The van der Waals surface area contributed by atoms with Gasteiger partial charge < -0.3 is 24.4 Å². The smallest absolute Gasteiger partial charge is 0.161 e. The van der Waals surface area contributed by atoms with Gasteiger partial charge in [-0.25, -0.2) is 0 Å². The Labute approximate surface area is 147 Å². The van der Waals surface area contributed by atoms with E-state index in [2.05, 4.69) is 4.90 Å². The molecule has 4 rings (SSSR count). The highest BCUT2D eigenvalue weighted by Crippen LogP contribution is 2.55. The lowest BCUT2D eigenvalue weighted by Crippen LogP contribution is -2.53. The van der Waals surface area contributed by atoms with Gasteiger partial charge in [0.1, 0.15) is 0 Å². The van der Waals surface area contributed by atoms with Crippen LogP contribution in [0, 0.1) is 0 Å². The third-order valence-electron chi connectivity index (χ3n) is 6.03. The maximum Gasteiger partial charge on any atom is 0.161 e. The molecule has 0 radical (unpaired) electrons. The number of aliphatic hydroxyl groups excluding tert-OH is 2. The van der Waals surface area contributed by atoms with Gasteiger partial charge in [0.05, 0.1) is 38.1 Å². The number of rotatable bonds is 3. The van der Waals surface area contributed by atoms with Gasteiger partial charge in [0.2, 0.25) is 0 Å². The Morgan fingerprint density at radius 1 is 1.12 bits per heavy atom. The number of benzene rings is 1. The quantitative estimate of drug-likeness (QED) is 0.805. The van der Waals surface area contributed by atoms with Crippen molar-refractivity contribution in [2.24, 2.45) is 0 Å². The zero-order valence-corrected chi connectivity index (χ0v) is 14.9. The molecule has 25 heavy (non-hydrogen) atoms. The zero-order chi connectivity index (χ0) is 17.8. The predicted octanol–water partition coefficient (Wildman–Crippen LogP) is 1.36. The molecule has 136 valence electrons. The van der Waals surface area contributed by atoms with Crippen LogP contribution in [0.3, 0.4) is 0 Å². The summed E-state index contributed by atoms with van der Waals surface area (Å²) in [5.41, 5.74) is 2.75. The minimum atomic E-state index is -0.596. The summed E-state index contributed by atoms with van der Waals surface area (Å²) in [6.07, 6.45) is 2.03. The second kappa shape index (κ2) is 5.99. The lowest BCUT2D eigenvalue weighted by molar-refractivity contribution is -0.0453. The van der Waals surface area contributed by atoms with Crippen LogP contribution < -0.4 is 9.47 Å². The number of ether oxygens (including phenoxy) is 3. The molecule has 2 N–H and O–H groups in total. The van der Waals surface area contributed by atoms with Crippen LogP contribution in [-0.2, 0) is 10.3 Å². The molecule has 2 heterocycles. The third-order valence-corrected chi connectivity index (χ3v) is 6.03. The van der Waals surface area contributed by atoms with Gasteiger partial charge in [0.25, 0.3) is 0 Å². The molecule has 0 aromatic heterocycles. The second-order valence-corrected chi connectivity index (χ2v) is 7.03. The van der Waals surface area contributed by atoms with Gasteiger partial charge in [-0.15, -0.1) is 0 Å². The molecule has 1 fully saturated rings. The highest BCUT2D eigenvalue weighted by atomic mass is 16.5. The minimum Gasteiger partial charge on any atom is -0.493 e. The normalized spacial score (nSPS) is 34.0. The summed E-state index contributed by atoms with van der Waals surface area (Å²) in [7, 11) is 4.85. The fraction of sp³-hybridized carbons (Fsp3) is 0.579. The SMILES string of the molecule is COc1cc2c(cc1OC)[C@]13C[C@@H](OC)[C@@H](O)C=C1CCN3C[C@@H]2O. The molecule has 6 heteroatoms. The van der Waals surface area contributed by atoms with Crippen molar-refractivity contribution in [3.63, 3.8) is 0 Å². The van der Waals surface area contributed by atoms with Crippen molar-refractivity contribution in [2.75, 3.05) is 34.4 Å². The lowest BCUT2D eigenvalue weighted by Gasteiger charge is -2.50. The predicted molar refractivity (Wildman–Crippen MR) is 91.9 cm³/mol. The highest BCUT2D eigenvalue weighted by Gasteiger charge is 2.55. The molecular weight excluding hydrogens is 322 g/mol. The Hall–Kier alpha value is -1.60. The van der Waals surface area contributed by atoms with Crippen LogP contribution in [0.1, 0.15) is 30.1 Å². The van der Waals surface area contributed by atoms with Gasteiger partial charge in [-0.3, -0.25) is 4.90 Å². The molecule has 3 aliphatic rings. The van der Waals surface area contributed by atoms with Gasteiger partial charge in [-0.05, 0) is 35.3 Å². The number of methoxy groups -OCH3 is 3. The fourth-order valence-corrected chi connectivity index (χ4v) is 4.82. The van der Waals surface area contributed by atoms with Crippen LogP contribution in [0.25, 0.3) is 0 Å². The van der Waals surface area contributed by atoms with Crippen LogP contribution in [0.5, 0.6) is 11.5 Å². The third kappa shape index (κ3) is 2.25. The first kappa shape index (κ1) is 16.8. The number of aliphatic hydroxyl groups is 2. The van der Waals surface area contributed by atoms with Crippen LogP contribution in [0.2, 0.25) is 0 Å². The summed E-state index contributed by atoms with van der Waals surface area (Å²) in [6, 6.07) is 3.86. The largest absolute Gasteiger partial charge is 0.493 e. The first-order chi connectivity index (χ1) is 12.0. The summed E-state index contributed by atoms with van der Waals surface area (Å²) < 4.78 is 16.5. The Morgan fingerprint density at radius 3 is 2.52 bits per heavy atom. The first-order valence-corrected chi connectivity index (χ1v) is 8.66. The molecule has 1 aliphatic carbocycles. The van der Waals surface area contributed by atoms with E-state index in [1.807, 2.05) is 18.2 Å². The summed E-state index contributed by atoms with van der Waals surface area (Å²) in [4.78, 5) is 2.32. The fourth-order valence-electron chi connectivity index (χ4n) is 4.82. The van der Waals surface area contributed by atoms with E-state index >= 15 is 0 Å². The molecule has 0 saturated carbocycles. The van der Waals surface area contributed by atoms with Crippen molar-refractivity contribution in [2.45, 2.75) is 36.7 Å². The van der Waals surface area contributed by atoms with E-state index in [0.29, 0.717) is 24.5 Å². The van der Waals surface area contributed by atoms with E-state index in [4.69, 9.17) is 14.2 Å². The van der Waals surface area contributed by atoms with Crippen LogP contribution >= 0.6 is 0 Å². The van der Waals surface area contributed by atoms with Crippen molar-refractivity contribution in [3.05, 3.63) is 34.9 Å². The van der Waals surface area contributed by atoms with Crippen LogP contribution in [-0.4, -0.2) is 61.7 Å². The zero-order valence-electron chi connectivity index (χ0n) is 14.9. The maximum atomic E-state index is 10.7. The molecule has 1 aromatic carbocycles. The molecular formula is C19H25NO5. The van der Waals surface area contributed by atoms with Gasteiger partial charge in [0, 0.05) is 26.6 Å². The molecule has 2 aliphatic heterocycles. The van der Waals surface area contributed by atoms with Gasteiger partial charge in [-0.1, -0.05) is 6.08 Å². The number of hydrogen-bond acceptors (Lipinski definition) is 6. The minimum absolute atomic E-state index is 0.277. The second-order valence-electron chi connectivity index (χ2n) is 7.03. The molecule has 0 amide bonds. The Balaban J connectivity index is 1.94. The van der Waals surface area contributed by atoms with E-state index in [1.54, 1.807) is 21.3 Å². The molecule has 0 bridgehead atoms. The van der Waals surface area contributed by atoms with Crippen LogP contribution in [0.15, 0.2) is 23.8 Å². The summed E-state index contributed by atoms with van der Waals surface area (Å²) in [5.74, 6) is 1.27. The highest BCUT2D eigenvalue weighted by molar-refractivity contribution is 5.56. The van der Waals surface area contributed by atoms with E-state index in [1.165, 1.54) is 5.57 Å². The molecule has 4 atom stereocenters. The topological polar surface area (TPSA) is 71.4 Å². The van der Waals surface area contributed by atoms with Crippen molar-refractivity contribution < 1.29 is 24.4 Å². The Morgan fingerprint density at radius 2 is 1.84 bits per heavy atom. The average Bonchev–Trinajstić information content (AvgIpc) is 2.98. The summed E-state index contributed by atoms with van der Waals surface area (Å²) >= 11 is 0. The average molecular weight is 347 g/mol. The molecule has 1 spiro atoms. The van der Waals surface area contributed by atoms with E-state index in [0.717, 1.165) is 24.1 Å². The number of nitrogens with zero attached hydrogens (tertiary/aromatic N) is 1. The summed E-state index contributed by atoms with van der Waals surface area (Å²) in [5, 5.41) is 21.1. The van der Waals surface area contributed by atoms with Crippen LogP contribution in [0.4, 0.5) is 0 Å². The Bertz CT molecular complexity index is 718. The first-order valence-electron chi connectivity index (χ1n) is 8.66. The Kier molecular flexibility index (Phi) is 4.03. The van der Waals surface area contributed by atoms with Crippen molar-refractivity contribution in [1.29, 1.82) is 0 Å². The number of fused-ring (bicyclic) bond motifs is 1. The standard InChI is InChI=1S/C19H25NO5/c1-23-16-7-12-13(8-17(16)24-2)19-9-18(25-3)14(21)6-11(19)4-5-20(19)10-15(12)22/h6-8,14-15,18,21-22H,4-5,9-10H2,1-3H3/t14-,15-,18+,19-/m0/s1. The van der Waals surface area contributed by atoms with Crippen molar-refractivity contribution >= 4 is 0 Å². The van der Waals surface area contributed by atoms with Gasteiger partial charge in [0.15, 0.2) is 11.5 Å². The van der Waals surface area contributed by atoms with E-state index < -0.39 is 12.2 Å². The molecule has 0 unspecified atom stereocenters. The number of hydrogen-bond donors (Lipinski definition) is 2.